The highest BCUT2D eigenvalue weighted by Crippen LogP contribution is 2.01. The van der Waals surface area contributed by atoms with Crippen LogP contribution in [0.2, 0.25) is 0 Å². The molecule has 0 aromatic carbocycles. The van der Waals surface area contributed by atoms with Crippen molar-refractivity contribution in [3.05, 3.63) is 0 Å². The maximum Gasteiger partial charge on any atom is 0.303 e. The Bertz CT molecular complexity index is 204. The fraction of sp³-hybridized carbons (Fsp3) is 0.818. The van der Waals surface area contributed by atoms with Crippen LogP contribution in [0.25, 0.3) is 0 Å². The molecule has 15 heavy (non-hydrogen) atoms. The molecule has 0 aliphatic heterocycles. The van der Waals surface area contributed by atoms with Crippen LogP contribution in [0, 0.1) is 5.92 Å². The number of aliphatic carboxylic acids is 1. The summed E-state index contributed by atoms with van der Waals surface area (Å²) in [6.07, 6.45) is 3.74. The zero-order chi connectivity index (χ0) is 11.7. The molecule has 0 heterocycles. The van der Waals surface area contributed by atoms with Crippen LogP contribution in [0.15, 0.2) is 0 Å². The van der Waals surface area contributed by atoms with Crippen molar-refractivity contribution in [1.82, 2.24) is 5.32 Å². The predicted octanol–water partition coefficient (Wildman–Crippen LogP) is 1.79. The SMILES string of the molecule is CCCCCC(=O)NCC(C)CC(=O)O. The molecule has 0 aliphatic carbocycles. The van der Waals surface area contributed by atoms with Gasteiger partial charge < -0.3 is 10.4 Å². The van der Waals surface area contributed by atoms with Gasteiger partial charge in [0, 0.05) is 19.4 Å². The monoisotopic (exact) mass is 215 g/mol. The van der Waals surface area contributed by atoms with E-state index in [9.17, 15) is 9.59 Å². The largest absolute Gasteiger partial charge is 0.481 e. The van der Waals surface area contributed by atoms with Crippen molar-refractivity contribution in [2.45, 2.75) is 46.0 Å². The van der Waals surface area contributed by atoms with Crippen LogP contribution in [0.4, 0.5) is 0 Å². The number of hydrogen-bond acceptors (Lipinski definition) is 2. The van der Waals surface area contributed by atoms with E-state index in [-0.39, 0.29) is 18.2 Å². The highest BCUT2D eigenvalue weighted by atomic mass is 16.4. The van der Waals surface area contributed by atoms with Crippen molar-refractivity contribution >= 4 is 11.9 Å². The molecule has 1 atom stereocenters. The smallest absolute Gasteiger partial charge is 0.303 e. The topological polar surface area (TPSA) is 66.4 Å². The fourth-order valence-electron chi connectivity index (χ4n) is 1.28. The van der Waals surface area contributed by atoms with Gasteiger partial charge in [-0.2, -0.15) is 0 Å². The molecule has 0 fully saturated rings. The molecule has 1 unspecified atom stereocenters. The van der Waals surface area contributed by atoms with E-state index in [2.05, 4.69) is 12.2 Å². The molecule has 0 saturated heterocycles. The number of carboxylic acid groups (broad SMARTS) is 1. The number of amides is 1. The quantitative estimate of drug-likeness (QED) is 0.607. The summed E-state index contributed by atoms with van der Waals surface area (Å²) in [5, 5.41) is 11.3. The Kier molecular flexibility index (Phi) is 7.68. The van der Waals surface area contributed by atoms with Gasteiger partial charge >= 0.3 is 5.97 Å². The molecule has 4 nitrogen and oxygen atoms in total. The Balaban J connectivity index is 3.48. The first-order valence-corrected chi connectivity index (χ1v) is 5.54. The molecule has 0 bridgehead atoms. The zero-order valence-electron chi connectivity index (χ0n) is 9.58. The molecule has 88 valence electrons. The molecule has 0 saturated carbocycles. The van der Waals surface area contributed by atoms with Gasteiger partial charge in [0.05, 0.1) is 0 Å². The molecule has 2 N–H and O–H groups in total. The predicted molar refractivity (Wildman–Crippen MR) is 58.6 cm³/mol. The molecule has 4 heteroatoms. The van der Waals surface area contributed by atoms with Crippen LogP contribution < -0.4 is 5.32 Å². The number of carbonyl (C=O) groups excluding carboxylic acids is 1. The number of rotatable bonds is 8. The number of hydrogen-bond donors (Lipinski definition) is 2. The van der Waals surface area contributed by atoms with Crippen LogP contribution in [-0.2, 0) is 9.59 Å². The first-order valence-electron chi connectivity index (χ1n) is 5.54. The molecular formula is C11H21NO3. The van der Waals surface area contributed by atoms with Crippen LogP contribution in [0.3, 0.4) is 0 Å². The van der Waals surface area contributed by atoms with E-state index in [0.29, 0.717) is 13.0 Å². The fourth-order valence-corrected chi connectivity index (χ4v) is 1.28. The van der Waals surface area contributed by atoms with E-state index < -0.39 is 5.97 Å². The zero-order valence-corrected chi connectivity index (χ0v) is 9.58. The van der Waals surface area contributed by atoms with Crippen molar-refractivity contribution in [1.29, 1.82) is 0 Å². The molecule has 0 spiro atoms. The lowest BCUT2D eigenvalue weighted by Crippen LogP contribution is -2.28. The Labute approximate surface area is 91.1 Å². The van der Waals surface area contributed by atoms with Crippen LogP contribution in [-0.4, -0.2) is 23.5 Å². The normalized spacial score (nSPS) is 12.1. The van der Waals surface area contributed by atoms with Gasteiger partial charge in [-0.1, -0.05) is 26.7 Å². The van der Waals surface area contributed by atoms with Gasteiger partial charge in [-0.3, -0.25) is 9.59 Å². The third-order valence-electron chi connectivity index (χ3n) is 2.18. The Morgan fingerprint density at radius 3 is 2.53 bits per heavy atom. The highest BCUT2D eigenvalue weighted by Gasteiger charge is 2.08. The number of unbranched alkanes of at least 4 members (excludes halogenated alkanes) is 2. The van der Waals surface area contributed by atoms with Crippen molar-refractivity contribution in [3.63, 3.8) is 0 Å². The van der Waals surface area contributed by atoms with Gasteiger partial charge in [0.15, 0.2) is 0 Å². The first-order chi connectivity index (χ1) is 7.06. The second-order valence-electron chi connectivity index (χ2n) is 3.96. The van der Waals surface area contributed by atoms with E-state index >= 15 is 0 Å². The summed E-state index contributed by atoms with van der Waals surface area (Å²) >= 11 is 0. The summed E-state index contributed by atoms with van der Waals surface area (Å²) in [5.41, 5.74) is 0. The standard InChI is InChI=1S/C11H21NO3/c1-3-4-5-6-10(13)12-8-9(2)7-11(14)15/h9H,3-8H2,1-2H3,(H,12,13)(H,14,15). The Morgan fingerprint density at radius 1 is 1.33 bits per heavy atom. The average Bonchev–Trinajstić information content (AvgIpc) is 2.14. The lowest BCUT2D eigenvalue weighted by Gasteiger charge is -2.09. The lowest BCUT2D eigenvalue weighted by molar-refractivity contribution is -0.138. The van der Waals surface area contributed by atoms with Crippen LogP contribution >= 0.6 is 0 Å². The third-order valence-corrected chi connectivity index (χ3v) is 2.18. The van der Waals surface area contributed by atoms with Gasteiger partial charge in [0.25, 0.3) is 0 Å². The number of nitrogens with one attached hydrogen (secondary N) is 1. The van der Waals surface area contributed by atoms with Gasteiger partial charge in [-0.15, -0.1) is 0 Å². The summed E-state index contributed by atoms with van der Waals surface area (Å²) in [6.45, 7) is 4.37. The summed E-state index contributed by atoms with van der Waals surface area (Å²) in [7, 11) is 0. The maximum absolute atomic E-state index is 11.2. The summed E-state index contributed by atoms with van der Waals surface area (Å²) in [5.74, 6) is -0.791. The Morgan fingerprint density at radius 2 is 2.00 bits per heavy atom. The van der Waals surface area contributed by atoms with Gasteiger partial charge in [-0.05, 0) is 12.3 Å². The number of carbonyl (C=O) groups is 2. The summed E-state index contributed by atoms with van der Waals surface area (Å²) < 4.78 is 0. The van der Waals surface area contributed by atoms with Crippen molar-refractivity contribution in [2.24, 2.45) is 5.92 Å². The lowest BCUT2D eigenvalue weighted by atomic mass is 10.1. The maximum atomic E-state index is 11.2. The highest BCUT2D eigenvalue weighted by molar-refractivity contribution is 5.75. The average molecular weight is 215 g/mol. The molecule has 0 rings (SSSR count). The molecule has 0 aliphatic rings. The molecule has 0 aromatic heterocycles. The minimum absolute atomic E-state index is 0.00220. The minimum atomic E-state index is -0.817. The third kappa shape index (κ3) is 9.25. The van der Waals surface area contributed by atoms with Gasteiger partial charge in [-0.25, -0.2) is 0 Å². The van der Waals surface area contributed by atoms with Gasteiger partial charge in [0.1, 0.15) is 0 Å². The van der Waals surface area contributed by atoms with E-state index in [1.165, 1.54) is 0 Å². The van der Waals surface area contributed by atoms with Crippen molar-refractivity contribution < 1.29 is 14.7 Å². The molecule has 1 amide bonds. The van der Waals surface area contributed by atoms with E-state index in [1.807, 2.05) is 6.92 Å². The summed E-state index contributed by atoms with van der Waals surface area (Å²) in [4.78, 5) is 21.6. The first kappa shape index (κ1) is 13.9. The summed E-state index contributed by atoms with van der Waals surface area (Å²) in [6, 6.07) is 0. The second-order valence-corrected chi connectivity index (χ2v) is 3.96. The molecular weight excluding hydrogens is 194 g/mol. The van der Waals surface area contributed by atoms with E-state index in [1.54, 1.807) is 0 Å². The minimum Gasteiger partial charge on any atom is -0.481 e. The van der Waals surface area contributed by atoms with Crippen molar-refractivity contribution in [3.8, 4) is 0 Å². The van der Waals surface area contributed by atoms with Crippen LogP contribution in [0.5, 0.6) is 0 Å². The second kappa shape index (κ2) is 8.26. The Hall–Kier alpha value is -1.06. The molecule has 0 aromatic rings. The van der Waals surface area contributed by atoms with E-state index in [0.717, 1.165) is 19.3 Å². The van der Waals surface area contributed by atoms with Crippen molar-refractivity contribution in [2.75, 3.05) is 6.54 Å². The van der Waals surface area contributed by atoms with Gasteiger partial charge in [0.2, 0.25) is 5.91 Å². The number of carboxylic acids is 1. The molecule has 0 radical (unpaired) electrons. The van der Waals surface area contributed by atoms with E-state index in [4.69, 9.17) is 5.11 Å². The van der Waals surface area contributed by atoms with Crippen LogP contribution in [0.1, 0.15) is 46.0 Å².